The lowest BCUT2D eigenvalue weighted by molar-refractivity contribution is -0.156. The molecule has 0 aliphatic rings. The second-order valence-electron chi connectivity index (χ2n) is 3.46. The van der Waals surface area contributed by atoms with Gasteiger partial charge in [0.15, 0.2) is 6.29 Å². The average molecular weight is 245 g/mol. The van der Waals surface area contributed by atoms with Gasteiger partial charge in [-0.05, 0) is 20.8 Å². The van der Waals surface area contributed by atoms with Crippen molar-refractivity contribution in [2.24, 2.45) is 11.7 Å². The highest BCUT2D eigenvalue weighted by Crippen LogP contribution is 2.15. The van der Waals surface area contributed by atoms with Gasteiger partial charge in [0.25, 0.3) is 0 Å². The van der Waals surface area contributed by atoms with Crippen molar-refractivity contribution in [2.45, 2.75) is 34.0 Å². The topological polar surface area (TPSA) is 70.8 Å². The summed E-state index contributed by atoms with van der Waals surface area (Å²) in [6, 6.07) is 0. The number of ether oxygens (including phenoxy) is 3. The van der Waals surface area contributed by atoms with Crippen LogP contribution in [0.25, 0.3) is 0 Å². The molecular weight excluding hydrogens is 222 g/mol. The molecule has 17 heavy (non-hydrogen) atoms. The van der Waals surface area contributed by atoms with Gasteiger partial charge < -0.3 is 19.9 Å². The van der Waals surface area contributed by atoms with E-state index >= 15 is 0 Å². The lowest BCUT2D eigenvalue weighted by Crippen LogP contribution is -2.30. The van der Waals surface area contributed by atoms with Gasteiger partial charge in [0.05, 0.1) is 6.61 Å². The molecule has 0 aliphatic heterocycles. The Labute approximate surface area is 103 Å². The first-order valence-corrected chi connectivity index (χ1v) is 5.93. The van der Waals surface area contributed by atoms with E-state index in [9.17, 15) is 4.79 Å². The Bertz CT molecular complexity index is 247. The molecule has 0 aromatic heterocycles. The van der Waals surface area contributed by atoms with E-state index in [0.29, 0.717) is 25.5 Å². The van der Waals surface area contributed by atoms with Gasteiger partial charge in [-0.3, -0.25) is 0 Å². The molecule has 0 saturated carbocycles. The van der Waals surface area contributed by atoms with E-state index in [1.165, 1.54) is 6.08 Å². The third kappa shape index (κ3) is 6.28. The summed E-state index contributed by atoms with van der Waals surface area (Å²) in [5.41, 5.74) is 6.21. The molecule has 5 nitrogen and oxygen atoms in total. The summed E-state index contributed by atoms with van der Waals surface area (Å²) in [6.07, 6.45) is 0.842. The summed E-state index contributed by atoms with van der Waals surface area (Å²) < 4.78 is 15.6. The van der Waals surface area contributed by atoms with Crippen LogP contribution in [-0.2, 0) is 19.0 Å². The van der Waals surface area contributed by atoms with E-state index in [2.05, 4.69) is 0 Å². The van der Waals surface area contributed by atoms with Gasteiger partial charge in [-0.1, -0.05) is 6.92 Å². The van der Waals surface area contributed by atoms with Crippen LogP contribution in [0, 0.1) is 5.92 Å². The molecule has 5 heteroatoms. The molecule has 0 amide bonds. The first-order valence-electron chi connectivity index (χ1n) is 5.93. The van der Waals surface area contributed by atoms with Crippen molar-refractivity contribution >= 4 is 5.97 Å². The molecule has 0 saturated heterocycles. The van der Waals surface area contributed by atoms with E-state index in [-0.39, 0.29) is 5.92 Å². The van der Waals surface area contributed by atoms with Crippen LogP contribution in [0.2, 0.25) is 0 Å². The minimum Gasteiger partial charge on any atom is -0.463 e. The van der Waals surface area contributed by atoms with Crippen LogP contribution in [-0.4, -0.2) is 32.1 Å². The molecule has 1 atom stereocenters. The Morgan fingerprint density at radius 1 is 1.18 bits per heavy atom. The molecule has 0 aliphatic carbocycles. The zero-order chi connectivity index (χ0) is 13.3. The summed E-state index contributed by atoms with van der Waals surface area (Å²) in [6.45, 7) is 8.74. The number of esters is 1. The minimum atomic E-state index is -0.441. The molecule has 0 spiro atoms. The Kier molecular flexibility index (Phi) is 8.44. The van der Waals surface area contributed by atoms with Crippen LogP contribution in [0.3, 0.4) is 0 Å². The normalized spacial score (nSPS) is 13.8. The van der Waals surface area contributed by atoms with Crippen LogP contribution in [0.1, 0.15) is 27.7 Å². The van der Waals surface area contributed by atoms with Gasteiger partial charge in [0, 0.05) is 30.9 Å². The Morgan fingerprint density at radius 2 is 1.71 bits per heavy atom. The maximum Gasteiger partial charge on any atom is 0.332 e. The molecular formula is C12H23NO4. The van der Waals surface area contributed by atoms with E-state index in [1.54, 1.807) is 6.92 Å². The molecule has 0 bridgehead atoms. The summed E-state index contributed by atoms with van der Waals surface area (Å²) in [7, 11) is 0. The number of hydrogen-bond donors (Lipinski definition) is 1. The summed E-state index contributed by atoms with van der Waals surface area (Å²) >= 11 is 0. The van der Waals surface area contributed by atoms with Crippen molar-refractivity contribution < 1.29 is 19.0 Å². The van der Waals surface area contributed by atoms with E-state index in [4.69, 9.17) is 19.9 Å². The Morgan fingerprint density at radius 3 is 2.12 bits per heavy atom. The fourth-order valence-corrected chi connectivity index (χ4v) is 1.27. The predicted octanol–water partition coefficient (Wildman–Crippen LogP) is 1.43. The van der Waals surface area contributed by atoms with Gasteiger partial charge in [0.1, 0.15) is 0 Å². The van der Waals surface area contributed by atoms with E-state index in [1.807, 2.05) is 20.8 Å². The zero-order valence-corrected chi connectivity index (χ0v) is 11.1. The number of nitrogens with two attached hydrogens (primary N) is 1. The fourth-order valence-electron chi connectivity index (χ4n) is 1.27. The quantitative estimate of drug-likeness (QED) is 0.398. The number of carbonyl (C=O) groups excluding carboxylic acids is 1. The molecule has 100 valence electrons. The molecule has 0 aromatic carbocycles. The highest BCUT2D eigenvalue weighted by molar-refractivity contribution is 5.82. The van der Waals surface area contributed by atoms with Crippen LogP contribution in [0.4, 0.5) is 0 Å². The van der Waals surface area contributed by atoms with Crippen LogP contribution >= 0.6 is 0 Å². The number of hydrogen-bond acceptors (Lipinski definition) is 5. The van der Waals surface area contributed by atoms with Crippen molar-refractivity contribution in [2.75, 3.05) is 19.8 Å². The van der Waals surface area contributed by atoms with E-state index < -0.39 is 12.3 Å². The largest absolute Gasteiger partial charge is 0.463 e. The predicted molar refractivity (Wildman–Crippen MR) is 65.1 cm³/mol. The standard InChI is InChI=1S/C12H23NO4/c1-5-15-11(14)8-10(13)9(4)12(16-6-2)17-7-3/h8-9,12H,5-7,13H2,1-4H3/b10-8-. The smallest absolute Gasteiger partial charge is 0.332 e. The van der Waals surface area contributed by atoms with Crippen LogP contribution < -0.4 is 5.73 Å². The lowest BCUT2D eigenvalue weighted by Gasteiger charge is -2.23. The second kappa shape index (κ2) is 9.01. The van der Waals surface area contributed by atoms with Crippen molar-refractivity contribution in [3.63, 3.8) is 0 Å². The third-order valence-corrected chi connectivity index (χ3v) is 2.17. The number of rotatable bonds is 8. The number of carbonyl (C=O) groups is 1. The summed E-state index contributed by atoms with van der Waals surface area (Å²) in [4.78, 5) is 11.2. The monoisotopic (exact) mass is 245 g/mol. The van der Waals surface area contributed by atoms with Gasteiger partial charge in [0.2, 0.25) is 0 Å². The summed E-state index contributed by atoms with van der Waals surface area (Å²) in [5, 5.41) is 0. The maximum absolute atomic E-state index is 11.2. The van der Waals surface area contributed by atoms with Gasteiger partial charge in [-0.15, -0.1) is 0 Å². The first kappa shape index (κ1) is 15.9. The third-order valence-electron chi connectivity index (χ3n) is 2.17. The zero-order valence-electron chi connectivity index (χ0n) is 11.1. The van der Waals surface area contributed by atoms with E-state index in [0.717, 1.165) is 0 Å². The SMILES string of the molecule is CCOC(=O)/C=C(\N)C(C)C(OCC)OCC. The Hall–Kier alpha value is -1.07. The highest BCUT2D eigenvalue weighted by atomic mass is 16.7. The van der Waals surface area contributed by atoms with Gasteiger partial charge in [-0.25, -0.2) is 4.79 Å². The molecule has 0 radical (unpaired) electrons. The van der Waals surface area contributed by atoms with Crippen molar-refractivity contribution in [1.29, 1.82) is 0 Å². The molecule has 2 N–H and O–H groups in total. The fraction of sp³-hybridized carbons (Fsp3) is 0.750. The highest BCUT2D eigenvalue weighted by Gasteiger charge is 2.20. The van der Waals surface area contributed by atoms with Crippen LogP contribution in [0.5, 0.6) is 0 Å². The van der Waals surface area contributed by atoms with Crippen molar-refractivity contribution in [3.05, 3.63) is 11.8 Å². The Balaban J connectivity index is 4.51. The molecule has 0 rings (SSSR count). The molecule has 1 unspecified atom stereocenters. The lowest BCUT2D eigenvalue weighted by atomic mass is 10.1. The average Bonchev–Trinajstić information content (AvgIpc) is 2.28. The summed E-state index contributed by atoms with van der Waals surface area (Å²) in [5.74, 6) is -0.636. The van der Waals surface area contributed by atoms with Crippen molar-refractivity contribution in [1.82, 2.24) is 0 Å². The first-order chi connectivity index (χ1) is 8.06. The second-order valence-corrected chi connectivity index (χ2v) is 3.46. The van der Waals surface area contributed by atoms with Gasteiger partial charge in [-0.2, -0.15) is 0 Å². The molecule has 0 heterocycles. The minimum absolute atomic E-state index is 0.195. The van der Waals surface area contributed by atoms with Crippen LogP contribution in [0.15, 0.2) is 11.8 Å². The maximum atomic E-state index is 11.2. The molecule has 0 aromatic rings. The van der Waals surface area contributed by atoms with Crippen molar-refractivity contribution in [3.8, 4) is 0 Å². The van der Waals surface area contributed by atoms with Gasteiger partial charge >= 0.3 is 5.97 Å². The molecule has 0 fully saturated rings.